The fraction of sp³-hybridized carbons (Fsp3) is 0.481. The summed E-state index contributed by atoms with van der Waals surface area (Å²) in [5, 5.41) is 2.81. The van der Waals surface area contributed by atoms with Gasteiger partial charge < -0.3 is 19.9 Å². The summed E-state index contributed by atoms with van der Waals surface area (Å²) in [6.07, 6.45) is 2.36. The SMILES string of the molecule is COC(=O)CCN(C)C(=O)CC[C@@H](NC(=O)c1ccc(Cl)s1)C(=O)Cc1ccc2c(c1)CCN(C)CC2. The summed E-state index contributed by atoms with van der Waals surface area (Å²) >= 11 is 7.11. The van der Waals surface area contributed by atoms with Crippen LogP contribution in [0.5, 0.6) is 0 Å². The topological polar surface area (TPSA) is 96.0 Å². The summed E-state index contributed by atoms with van der Waals surface area (Å²) in [7, 11) is 5.01. The number of carbonyl (C=O) groups is 4. The zero-order valence-corrected chi connectivity index (χ0v) is 23.1. The number of benzene rings is 1. The van der Waals surface area contributed by atoms with E-state index in [1.807, 2.05) is 6.07 Å². The number of esters is 1. The van der Waals surface area contributed by atoms with Crippen LogP contribution >= 0.6 is 22.9 Å². The molecule has 200 valence electrons. The molecule has 1 aromatic heterocycles. The van der Waals surface area contributed by atoms with Crippen molar-refractivity contribution >= 4 is 46.5 Å². The number of likely N-dealkylation sites (N-methyl/N-ethyl adjacent to an activating group) is 1. The number of fused-ring (bicyclic) bond motifs is 1. The average Bonchev–Trinajstić information content (AvgIpc) is 3.24. The first-order valence-corrected chi connectivity index (χ1v) is 13.5. The number of ether oxygens (including phenoxy) is 1. The molecule has 1 aliphatic heterocycles. The number of rotatable bonds is 11. The van der Waals surface area contributed by atoms with Gasteiger partial charge in [0, 0.05) is 39.5 Å². The van der Waals surface area contributed by atoms with Crippen LogP contribution in [-0.4, -0.2) is 80.2 Å². The Morgan fingerprint density at radius 3 is 2.51 bits per heavy atom. The quantitative estimate of drug-likeness (QED) is 0.434. The first-order chi connectivity index (χ1) is 17.7. The Labute approximate surface area is 226 Å². The number of amides is 2. The Bertz CT molecular complexity index is 1130. The summed E-state index contributed by atoms with van der Waals surface area (Å²) in [5.74, 6) is -1.18. The van der Waals surface area contributed by atoms with Gasteiger partial charge in [0.25, 0.3) is 5.91 Å². The smallest absolute Gasteiger partial charge is 0.307 e. The average molecular weight is 548 g/mol. The molecular weight excluding hydrogens is 514 g/mol. The number of halogens is 1. The van der Waals surface area contributed by atoms with Gasteiger partial charge in [0.2, 0.25) is 5.91 Å². The highest BCUT2D eigenvalue weighted by atomic mass is 35.5. The molecule has 0 radical (unpaired) electrons. The van der Waals surface area contributed by atoms with Crippen LogP contribution in [0, 0.1) is 0 Å². The minimum absolute atomic E-state index is 0.0517. The number of ketones is 1. The van der Waals surface area contributed by atoms with Crippen LogP contribution in [0.3, 0.4) is 0 Å². The van der Waals surface area contributed by atoms with Crippen LogP contribution in [0.4, 0.5) is 0 Å². The van der Waals surface area contributed by atoms with Gasteiger partial charge in [-0.1, -0.05) is 29.8 Å². The number of hydrogen-bond donors (Lipinski definition) is 1. The molecule has 2 amide bonds. The molecule has 0 unspecified atom stereocenters. The van der Waals surface area contributed by atoms with Crippen molar-refractivity contribution in [1.29, 1.82) is 0 Å². The molecule has 0 fully saturated rings. The molecule has 1 aromatic carbocycles. The second-order valence-corrected chi connectivity index (χ2v) is 11.1. The van der Waals surface area contributed by atoms with E-state index in [4.69, 9.17) is 11.6 Å². The lowest BCUT2D eigenvalue weighted by Gasteiger charge is -2.20. The van der Waals surface area contributed by atoms with E-state index in [9.17, 15) is 19.2 Å². The summed E-state index contributed by atoms with van der Waals surface area (Å²) in [4.78, 5) is 54.3. The fourth-order valence-electron chi connectivity index (χ4n) is 4.25. The van der Waals surface area contributed by atoms with E-state index in [0.29, 0.717) is 9.21 Å². The third kappa shape index (κ3) is 8.66. The second-order valence-electron chi connectivity index (χ2n) is 9.36. The predicted octanol–water partition coefficient (Wildman–Crippen LogP) is 3.14. The molecular formula is C27H34ClN3O5S. The predicted molar refractivity (Wildman–Crippen MR) is 144 cm³/mol. The van der Waals surface area contributed by atoms with Crippen molar-refractivity contribution in [3.05, 3.63) is 56.2 Å². The first kappa shape index (κ1) is 28.8. The fourth-order valence-corrected chi connectivity index (χ4v) is 5.19. The molecule has 2 heterocycles. The standard InChI is InChI=1S/C27H34ClN3O5S/c1-30-13-10-19-5-4-18(16-20(19)11-14-30)17-22(32)21(29-27(35)23-7-8-24(28)37-23)6-9-25(33)31(2)15-12-26(34)36-3/h4-5,7-8,16,21H,6,9-15,17H2,1-3H3,(H,29,35)/t21-/m1/s1. The van der Waals surface area contributed by atoms with E-state index < -0.39 is 17.9 Å². The Kier molecular flexibility index (Phi) is 10.7. The van der Waals surface area contributed by atoms with Crippen molar-refractivity contribution < 1.29 is 23.9 Å². The molecule has 0 aliphatic carbocycles. The number of methoxy groups -OCH3 is 1. The molecule has 3 rings (SSSR count). The van der Waals surface area contributed by atoms with Gasteiger partial charge in [-0.25, -0.2) is 0 Å². The van der Waals surface area contributed by atoms with Gasteiger partial charge in [-0.05, 0) is 55.1 Å². The maximum Gasteiger partial charge on any atom is 0.307 e. The molecule has 8 nitrogen and oxygen atoms in total. The summed E-state index contributed by atoms with van der Waals surface area (Å²) in [6, 6.07) is 8.57. The van der Waals surface area contributed by atoms with E-state index in [0.717, 1.165) is 42.8 Å². The van der Waals surface area contributed by atoms with Gasteiger partial charge >= 0.3 is 5.97 Å². The van der Waals surface area contributed by atoms with Gasteiger partial charge in [0.05, 0.1) is 28.8 Å². The lowest BCUT2D eigenvalue weighted by molar-refractivity contribution is -0.141. The van der Waals surface area contributed by atoms with Crippen molar-refractivity contribution in [1.82, 2.24) is 15.1 Å². The van der Waals surface area contributed by atoms with Crippen LogP contribution < -0.4 is 5.32 Å². The van der Waals surface area contributed by atoms with E-state index in [1.54, 1.807) is 19.2 Å². The number of hydrogen-bond acceptors (Lipinski definition) is 7. The Balaban J connectivity index is 1.68. The molecule has 10 heteroatoms. The van der Waals surface area contributed by atoms with Gasteiger partial charge in [-0.2, -0.15) is 0 Å². The number of Topliss-reactive ketones (excluding diaryl/α,β-unsaturated/α-hetero) is 1. The molecule has 1 aliphatic rings. The third-order valence-electron chi connectivity index (χ3n) is 6.62. The molecule has 1 atom stereocenters. The Morgan fingerprint density at radius 2 is 1.84 bits per heavy atom. The first-order valence-electron chi connectivity index (χ1n) is 12.3. The molecule has 0 bridgehead atoms. The molecule has 2 aromatic rings. The molecule has 0 saturated carbocycles. The monoisotopic (exact) mass is 547 g/mol. The van der Waals surface area contributed by atoms with E-state index in [-0.39, 0.29) is 43.9 Å². The van der Waals surface area contributed by atoms with Crippen LogP contribution in [-0.2, 0) is 38.4 Å². The Hall–Kier alpha value is -2.75. The van der Waals surface area contributed by atoms with Gasteiger partial charge in [0.15, 0.2) is 5.78 Å². The lowest BCUT2D eigenvalue weighted by Crippen LogP contribution is -2.42. The Morgan fingerprint density at radius 1 is 1.11 bits per heavy atom. The summed E-state index contributed by atoms with van der Waals surface area (Å²) in [6.45, 7) is 2.20. The summed E-state index contributed by atoms with van der Waals surface area (Å²) in [5.41, 5.74) is 3.46. The van der Waals surface area contributed by atoms with Crippen molar-refractivity contribution in [2.45, 2.75) is 44.6 Å². The van der Waals surface area contributed by atoms with E-state index >= 15 is 0 Å². The summed E-state index contributed by atoms with van der Waals surface area (Å²) < 4.78 is 5.10. The maximum atomic E-state index is 13.4. The minimum atomic E-state index is -0.837. The van der Waals surface area contributed by atoms with Gasteiger partial charge in [0.1, 0.15) is 0 Å². The van der Waals surface area contributed by atoms with E-state index in [1.165, 1.54) is 23.1 Å². The zero-order chi connectivity index (χ0) is 26.9. The molecule has 0 saturated heterocycles. The minimum Gasteiger partial charge on any atom is -0.469 e. The van der Waals surface area contributed by atoms with Crippen molar-refractivity contribution in [2.75, 3.05) is 40.8 Å². The number of carbonyl (C=O) groups excluding carboxylic acids is 4. The van der Waals surface area contributed by atoms with Crippen LogP contribution in [0.1, 0.15) is 45.6 Å². The number of nitrogens with one attached hydrogen (secondary N) is 1. The maximum absolute atomic E-state index is 13.4. The highest BCUT2D eigenvalue weighted by Crippen LogP contribution is 2.22. The van der Waals surface area contributed by atoms with Crippen molar-refractivity contribution in [3.63, 3.8) is 0 Å². The van der Waals surface area contributed by atoms with Crippen LogP contribution in [0.15, 0.2) is 30.3 Å². The van der Waals surface area contributed by atoms with Crippen LogP contribution in [0.2, 0.25) is 4.34 Å². The molecule has 0 spiro atoms. The third-order valence-corrected chi connectivity index (χ3v) is 7.85. The largest absolute Gasteiger partial charge is 0.469 e. The normalized spacial score (nSPS) is 14.3. The van der Waals surface area contributed by atoms with Crippen molar-refractivity contribution in [3.8, 4) is 0 Å². The van der Waals surface area contributed by atoms with Gasteiger partial charge in [-0.15, -0.1) is 11.3 Å². The van der Waals surface area contributed by atoms with Gasteiger partial charge in [-0.3, -0.25) is 19.2 Å². The number of nitrogens with zero attached hydrogens (tertiary/aromatic N) is 2. The highest BCUT2D eigenvalue weighted by molar-refractivity contribution is 7.18. The van der Waals surface area contributed by atoms with Crippen LogP contribution in [0.25, 0.3) is 0 Å². The molecule has 37 heavy (non-hydrogen) atoms. The lowest BCUT2D eigenvalue weighted by atomic mass is 9.95. The number of thiophene rings is 1. The van der Waals surface area contributed by atoms with Crippen molar-refractivity contribution in [2.24, 2.45) is 0 Å². The highest BCUT2D eigenvalue weighted by Gasteiger charge is 2.25. The zero-order valence-electron chi connectivity index (χ0n) is 21.5. The second kappa shape index (κ2) is 13.7. The van der Waals surface area contributed by atoms with E-state index in [2.05, 4.69) is 34.1 Å². The molecule has 1 N–H and O–H groups in total.